The van der Waals surface area contributed by atoms with E-state index in [4.69, 9.17) is 14.5 Å². The highest BCUT2D eigenvalue weighted by atomic mass is 127. The lowest BCUT2D eigenvalue weighted by Gasteiger charge is -2.18. The lowest BCUT2D eigenvalue weighted by atomic mass is 10.1. The summed E-state index contributed by atoms with van der Waals surface area (Å²) in [5, 5.41) is 6.66. The first-order valence-corrected chi connectivity index (χ1v) is 11.3. The number of benzene rings is 2. The van der Waals surface area contributed by atoms with Crippen molar-refractivity contribution in [1.82, 2.24) is 10.2 Å². The molecule has 0 saturated carbocycles. The molecule has 1 aliphatic rings. The van der Waals surface area contributed by atoms with Gasteiger partial charge in [-0.3, -0.25) is 4.79 Å². The van der Waals surface area contributed by atoms with Crippen molar-refractivity contribution >= 4 is 41.5 Å². The number of hydrogen-bond acceptors (Lipinski definition) is 4. The van der Waals surface area contributed by atoms with Crippen molar-refractivity contribution in [3.05, 3.63) is 59.7 Å². The zero-order chi connectivity index (χ0) is 22.6. The van der Waals surface area contributed by atoms with E-state index in [9.17, 15) is 4.79 Å². The largest absolute Gasteiger partial charge is 0.493 e. The number of likely N-dealkylation sites (tertiary alicyclic amines) is 1. The van der Waals surface area contributed by atoms with E-state index in [1.54, 1.807) is 7.11 Å². The Balaban J connectivity index is 0.00000385. The van der Waals surface area contributed by atoms with Crippen LogP contribution >= 0.6 is 24.0 Å². The fraction of sp³-hybridized carbons (Fsp3) is 0.440. The van der Waals surface area contributed by atoms with Gasteiger partial charge in [0.25, 0.3) is 0 Å². The maximum atomic E-state index is 12.0. The molecular formula is C25H35IN4O3. The summed E-state index contributed by atoms with van der Waals surface area (Å²) < 4.78 is 10.9. The van der Waals surface area contributed by atoms with Gasteiger partial charge in [-0.05, 0) is 36.6 Å². The van der Waals surface area contributed by atoms with E-state index in [0.29, 0.717) is 38.7 Å². The molecule has 1 fully saturated rings. The SMILES string of the molecule is CCNC(=NCc1ccccc1CN1CCCC1=O)Nc1cccc(OCCCOC)c1.I. The molecule has 180 valence electrons. The summed E-state index contributed by atoms with van der Waals surface area (Å²) in [4.78, 5) is 18.7. The van der Waals surface area contributed by atoms with E-state index >= 15 is 0 Å². The first kappa shape index (κ1) is 26.9. The number of anilines is 1. The highest BCUT2D eigenvalue weighted by Gasteiger charge is 2.20. The third kappa shape index (κ3) is 8.85. The van der Waals surface area contributed by atoms with Gasteiger partial charge < -0.3 is 25.0 Å². The molecule has 0 spiro atoms. The van der Waals surface area contributed by atoms with Crippen LogP contribution in [-0.4, -0.2) is 50.2 Å². The van der Waals surface area contributed by atoms with Crippen molar-refractivity contribution < 1.29 is 14.3 Å². The van der Waals surface area contributed by atoms with Crippen LogP contribution in [-0.2, 0) is 22.6 Å². The molecule has 7 nitrogen and oxygen atoms in total. The molecule has 33 heavy (non-hydrogen) atoms. The Bertz CT molecular complexity index is 907. The van der Waals surface area contributed by atoms with Crippen LogP contribution in [0.5, 0.6) is 5.75 Å². The standard InChI is InChI=1S/C25H34N4O3.HI/c1-3-26-25(28-22-11-6-12-23(17-22)32-16-8-15-31-2)27-18-20-9-4-5-10-21(20)19-29-14-7-13-24(29)30;/h4-6,9-12,17H,3,7-8,13-16,18-19H2,1-2H3,(H2,26,27,28);1H. The van der Waals surface area contributed by atoms with E-state index in [-0.39, 0.29) is 29.9 Å². The molecule has 8 heteroatoms. The normalized spacial score (nSPS) is 13.6. The number of nitrogens with zero attached hydrogens (tertiary/aromatic N) is 2. The van der Waals surface area contributed by atoms with Crippen LogP contribution in [0.4, 0.5) is 5.69 Å². The zero-order valence-corrected chi connectivity index (χ0v) is 21.8. The number of rotatable bonds is 11. The van der Waals surface area contributed by atoms with Crippen molar-refractivity contribution in [3.8, 4) is 5.75 Å². The lowest BCUT2D eigenvalue weighted by Crippen LogP contribution is -2.30. The number of guanidine groups is 1. The maximum absolute atomic E-state index is 12.0. The van der Waals surface area contributed by atoms with Gasteiger partial charge in [0.1, 0.15) is 5.75 Å². The van der Waals surface area contributed by atoms with Crippen molar-refractivity contribution in [1.29, 1.82) is 0 Å². The van der Waals surface area contributed by atoms with Gasteiger partial charge in [-0.2, -0.15) is 0 Å². The topological polar surface area (TPSA) is 75.2 Å². The van der Waals surface area contributed by atoms with Crippen molar-refractivity contribution in [3.63, 3.8) is 0 Å². The van der Waals surface area contributed by atoms with Crippen molar-refractivity contribution in [2.45, 2.75) is 39.3 Å². The Hall–Kier alpha value is -2.33. The number of ether oxygens (including phenoxy) is 2. The monoisotopic (exact) mass is 566 g/mol. The molecule has 1 saturated heterocycles. The molecule has 0 bridgehead atoms. The van der Waals surface area contributed by atoms with Gasteiger partial charge >= 0.3 is 0 Å². The van der Waals surface area contributed by atoms with Gasteiger partial charge in [0.05, 0.1) is 13.2 Å². The van der Waals surface area contributed by atoms with Gasteiger partial charge in [0, 0.05) is 57.9 Å². The number of methoxy groups -OCH3 is 1. The third-order valence-corrected chi connectivity index (χ3v) is 5.26. The van der Waals surface area contributed by atoms with Gasteiger partial charge in [-0.25, -0.2) is 4.99 Å². The first-order chi connectivity index (χ1) is 15.7. The number of hydrogen-bond donors (Lipinski definition) is 2. The van der Waals surface area contributed by atoms with Gasteiger partial charge in [-0.15, -0.1) is 24.0 Å². The van der Waals surface area contributed by atoms with Crippen LogP contribution in [0, 0.1) is 0 Å². The van der Waals surface area contributed by atoms with Crippen LogP contribution in [0.25, 0.3) is 0 Å². The summed E-state index contributed by atoms with van der Waals surface area (Å²) in [6, 6.07) is 16.1. The smallest absolute Gasteiger partial charge is 0.222 e. The average Bonchev–Trinajstić information content (AvgIpc) is 3.21. The van der Waals surface area contributed by atoms with Gasteiger partial charge in [-0.1, -0.05) is 30.3 Å². The summed E-state index contributed by atoms with van der Waals surface area (Å²) in [6.45, 7) is 6.11. The molecule has 2 aromatic carbocycles. The second kappa shape index (κ2) is 14.7. The van der Waals surface area contributed by atoms with Crippen molar-refractivity contribution in [2.24, 2.45) is 4.99 Å². The predicted molar refractivity (Wildman–Crippen MR) is 143 cm³/mol. The zero-order valence-electron chi connectivity index (χ0n) is 19.5. The maximum Gasteiger partial charge on any atom is 0.222 e. The average molecular weight is 566 g/mol. The fourth-order valence-corrected chi connectivity index (χ4v) is 3.61. The Labute approximate surface area is 214 Å². The summed E-state index contributed by atoms with van der Waals surface area (Å²) in [6.07, 6.45) is 2.45. The second-order valence-electron chi connectivity index (χ2n) is 7.73. The van der Waals surface area contributed by atoms with E-state index in [1.807, 2.05) is 48.2 Å². The molecule has 2 N–H and O–H groups in total. The number of carbonyl (C=O) groups is 1. The molecule has 3 rings (SSSR count). The molecule has 1 aliphatic heterocycles. The Morgan fingerprint density at radius 2 is 1.94 bits per heavy atom. The number of amides is 1. The molecule has 1 heterocycles. The minimum atomic E-state index is 0. The number of aliphatic imine (C=N–C) groups is 1. The number of nitrogens with one attached hydrogen (secondary N) is 2. The summed E-state index contributed by atoms with van der Waals surface area (Å²) in [7, 11) is 1.69. The Morgan fingerprint density at radius 1 is 1.12 bits per heavy atom. The third-order valence-electron chi connectivity index (χ3n) is 5.26. The van der Waals surface area contributed by atoms with Gasteiger partial charge in [0.15, 0.2) is 5.96 Å². The molecule has 0 atom stereocenters. The highest BCUT2D eigenvalue weighted by Crippen LogP contribution is 2.19. The van der Waals surface area contributed by atoms with E-state index in [2.05, 4.69) is 22.8 Å². The molecule has 0 aliphatic carbocycles. The lowest BCUT2D eigenvalue weighted by molar-refractivity contribution is -0.128. The van der Waals surface area contributed by atoms with Crippen LogP contribution in [0.15, 0.2) is 53.5 Å². The van der Waals surface area contributed by atoms with Crippen LogP contribution in [0.1, 0.15) is 37.3 Å². The summed E-state index contributed by atoms with van der Waals surface area (Å²) >= 11 is 0. The molecule has 1 amide bonds. The van der Waals surface area contributed by atoms with E-state index in [0.717, 1.165) is 48.5 Å². The Morgan fingerprint density at radius 3 is 2.67 bits per heavy atom. The second-order valence-corrected chi connectivity index (χ2v) is 7.73. The first-order valence-electron chi connectivity index (χ1n) is 11.3. The minimum Gasteiger partial charge on any atom is -0.493 e. The molecular weight excluding hydrogens is 531 g/mol. The number of carbonyl (C=O) groups excluding carboxylic acids is 1. The molecule has 0 aromatic heterocycles. The van der Waals surface area contributed by atoms with Gasteiger partial charge in [0.2, 0.25) is 5.91 Å². The predicted octanol–water partition coefficient (Wildman–Crippen LogP) is 4.42. The van der Waals surface area contributed by atoms with Crippen LogP contribution < -0.4 is 15.4 Å². The Kier molecular flexibility index (Phi) is 12.0. The molecule has 0 unspecified atom stereocenters. The van der Waals surface area contributed by atoms with Crippen molar-refractivity contribution in [2.75, 3.05) is 38.7 Å². The molecule has 2 aromatic rings. The minimum absolute atomic E-state index is 0. The molecule has 0 radical (unpaired) electrons. The highest BCUT2D eigenvalue weighted by molar-refractivity contribution is 14.0. The quantitative estimate of drug-likeness (QED) is 0.182. The fourth-order valence-electron chi connectivity index (χ4n) is 3.61. The summed E-state index contributed by atoms with van der Waals surface area (Å²) in [5.74, 6) is 1.75. The van der Waals surface area contributed by atoms with Crippen LogP contribution in [0.3, 0.4) is 0 Å². The summed E-state index contributed by atoms with van der Waals surface area (Å²) in [5.41, 5.74) is 3.18. The number of halogens is 1. The van der Waals surface area contributed by atoms with E-state index < -0.39 is 0 Å². The van der Waals surface area contributed by atoms with Crippen LogP contribution in [0.2, 0.25) is 0 Å². The van der Waals surface area contributed by atoms with E-state index in [1.165, 1.54) is 0 Å².